The average Bonchev–Trinajstić information content (AvgIpc) is 3.27. The molecule has 0 unspecified atom stereocenters. The molecular weight excluding hydrogens is 513 g/mol. The summed E-state index contributed by atoms with van der Waals surface area (Å²) in [5, 5.41) is 22.6. The lowest BCUT2D eigenvalue weighted by Gasteiger charge is -2.12. The first-order valence-corrected chi connectivity index (χ1v) is 11.7. The second-order valence-corrected chi connectivity index (χ2v) is 9.47. The highest BCUT2D eigenvalue weighted by Gasteiger charge is 2.25. The number of aryl methyl sites for hydroxylation is 1. The first kappa shape index (κ1) is 24.6. The molecule has 0 radical (unpaired) electrons. The third-order valence-corrected chi connectivity index (χ3v) is 6.86. The van der Waals surface area contributed by atoms with E-state index in [0.717, 1.165) is 23.5 Å². The molecule has 0 bridgehead atoms. The van der Waals surface area contributed by atoms with Gasteiger partial charge in [0.25, 0.3) is 5.91 Å². The summed E-state index contributed by atoms with van der Waals surface area (Å²) < 4.78 is 1.74. The van der Waals surface area contributed by atoms with E-state index in [1.54, 1.807) is 35.8 Å². The molecule has 1 aliphatic rings. The van der Waals surface area contributed by atoms with Crippen LogP contribution in [0.25, 0.3) is 11.8 Å². The molecule has 1 aromatic heterocycles. The summed E-state index contributed by atoms with van der Waals surface area (Å²) >= 11 is 13.1. The Balaban J connectivity index is 1.69. The fourth-order valence-electron chi connectivity index (χ4n) is 3.61. The van der Waals surface area contributed by atoms with Gasteiger partial charge < -0.3 is 20.1 Å². The molecule has 3 N–H and O–H groups in total. The quantitative estimate of drug-likeness (QED) is 0.365. The fourth-order valence-corrected chi connectivity index (χ4v) is 4.74. The highest BCUT2D eigenvalue weighted by molar-refractivity contribution is 8.18. The van der Waals surface area contributed by atoms with Crippen molar-refractivity contribution in [2.45, 2.75) is 13.8 Å². The molecule has 0 atom stereocenters. The predicted octanol–water partition coefficient (Wildman–Crippen LogP) is 5.69. The SMILES string of the molecule is Cc1cc(/C=C2\SC(=Nc3ccc(Cl)c(Cl)c3)NC2=O)c(C)n1-c1cc(C(=O)O)cc(C(=O)O)c1. The van der Waals surface area contributed by atoms with Gasteiger partial charge in [-0.25, -0.2) is 14.6 Å². The van der Waals surface area contributed by atoms with Crippen molar-refractivity contribution in [2.75, 3.05) is 0 Å². The third kappa shape index (κ3) is 5.12. The zero-order valence-electron chi connectivity index (χ0n) is 18.3. The van der Waals surface area contributed by atoms with Gasteiger partial charge in [-0.2, -0.15) is 0 Å². The Labute approximate surface area is 213 Å². The molecular formula is C24H17Cl2N3O5S. The van der Waals surface area contributed by atoms with Crippen molar-refractivity contribution in [2.24, 2.45) is 4.99 Å². The Hall–Kier alpha value is -3.53. The number of thioether (sulfide) groups is 1. The molecule has 0 aliphatic carbocycles. The summed E-state index contributed by atoms with van der Waals surface area (Å²) in [6.07, 6.45) is 1.70. The second-order valence-electron chi connectivity index (χ2n) is 7.62. The number of rotatable bonds is 5. The number of carboxylic acids is 2. The smallest absolute Gasteiger partial charge is 0.335 e. The van der Waals surface area contributed by atoms with E-state index in [4.69, 9.17) is 23.2 Å². The van der Waals surface area contributed by atoms with Gasteiger partial charge in [0.15, 0.2) is 5.17 Å². The maximum Gasteiger partial charge on any atom is 0.335 e. The first-order valence-electron chi connectivity index (χ1n) is 10.1. The Bertz CT molecular complexity index is 1440. The zero-order valence-corrected chi connectivity index (χ0v) is 20.6. The average molecular weight is 530 g/mol. The number of carbonyl (C=O) groups excluding carboxylic acids is 1. The zero-order chi connectivity index (χ0) is 25.4. The topological polar surface area (TPSA) is 121 Å². The van der Waals surface area contributed by atoms with Crippen LogP contribution in [-0.4, -0.2) is 37.8 Å². The van der Waals surface area contributed by atoms with Crippen LogP contribution in [0, 0.1) is 13.8 Å². The van der Waals surface area contributed by atoms with Crippen LogP contribution in [0.2, 0.25) is 10.0 Å². The van der Waals surface area contributed by atoms with E-state index in [1.807, 2.05) is 13.0 Å². The summed E-state index contributed by atoms with van der Waals surface area (Å²) in [5.41, 5.74) is 2.82. The van der Waals surface area contributed by atoms with E-state index in [9.17, 15) is 24.6 Å². The van der Waals surface area contributed by atoms with Crippen LogP contribution in [0.5, 0.6) is 0 Å². The van der Waals surface area contributed by atoms with Gasteiger partial charge in [0.2, 0.25) is 0 Å². The van der Waals surface area contributed by atoms with Crippen LogP contribution in [0.15, 0.2) is 52.4 Å². The van der Waals surface area contributed by atoms with Gasteiger partial charge in [0.1, 0.15) is 0 Å². The molecule has 4 rings (SSSR count). The standard InChI is InChI=1S/C24H17Cl2N3O5S/c1-11-5-13(12(2)29(11)17-7-14(22(31)32)6-15(8-17)23(33)34)9-20-21(30)28-24(35-20)27-16-3-4-18(25)19(26)10-16/h3-10H,1-2H3,(H,31,32)(H,33,34)(H,27,28,30)/b20-9-. The van der Waals surface area contributed by atoms with Crippen molar-refractivity contribution < 1.29 is 24.6 Å². The molecule has 11 heteroatoms. The van der Waals surface area contributed by atoms with Crippen molar-refractivity contribution in [1.82, 2.24) is 9.88 Å². The maximum atomic E-state index is 12.5. The summed E-state index contributed by atoms with van der Waals surface area (Å²) in [6.45, 7) is 3.61. The number of hydrogen-bond donors (Lipinski definition) is 3. The van der Waals surface area contributed by atoms with Crippen LogP contribution < -0.4 is 5.32 Å². The van der Waals surface area contributed by atoms with Gasteiger partial charge in [-0.1, -0.05) is 23.2 Å². The number of carboxylic acid groups (broad SMARTS) is 2. The summed E-state index contributed by atoms with van der Waals surface area (Å²) in [6, 6.07) is 10.6. The summed E-state index contributed by atoms with van der Waals surface area (Å²) in [5.74, 6) is -2.78. The first-order chi connectivity index (χ1) is 16.5. The van der Waals surface area contributed by atoms with E-state index in [0.29, 0.717) is 42.8 Å². The Morgan fingerprint density at radius 2 is 1.66 bits per heavy atom. The number of halogens is 2. The number of amidine groups is 1. The predicted molar refractivity (Wildman–Crippen MR) is 136 cm³/mol. The number of nitrogens with zero attached hydrogens (tertiary/aromatic N) is 2. The minimum Gasteiger partial charge on any atom is -0.478 e. The molecule has 1 amide bonds. The fraction of sp³-hybridized carbons (Fsp3) is 0.0833. The lowest BCUT2D eigenvalue weighted by atomic mass is 10.1. The van der Waals surface area contributed by atoms with Crippen molar-refractivity contribution in [3.05, 3.63) is 85.5 Å². The van der Waals surface area contributed by atoms with Crippen LogP contribution in [0.3, 0.4) is 0 Å². The Morgan fingerprint density at radius 3 is 2.26 bits per heavy atom. The minimum atomic E-state index is -1.23. The molecule has 8 nitrogen and oxygen atoms in total. The van der Waals surface area contributed by atoms with Crippen molar-refractivity contribution in [1.29, 1.82) is 0 Å². The van der Waals surface area contributed by atoms with Crippen LogP contribution in [0.1, 0.15) is 37.7 Å². The van der Waals surface area contributed by atoms with E-state index in [-0.39, 0.29) is 17.0 Å². The molecule has 1 saturated heterocycles. The molecule has 35 heavy (non-hydrogen) atoms. The molecule has 2 aromatic carbocycles. The normalized spacial score (nSPS) is 15.6. The van der Waals surface area contributed by atoms with Crippen molar-refractivity contribution >= 4 is 69.7 Å². The van der Waals surface area contributed by atoms with E-state index < -0.39 is 11.9 Å². The number of aliphatic imine (C=N–C) groups is 1. The van der Waals surface area contributed by atoms with Crippen molar-refractivity contribution in [3.63, 3.8) is 0 Å². The molecule has 1 aliphatic heterocycles. The van der Waals surface area contributed by atoms with Gasteiger partial charge in [0, 0.05) is 17.1 Å². The Morgan fingerprint density at radius 1 is 1.00 bits per heavy atom. The monoisotopic (exact) mass is 529 g/mol. The number of aromatic nitrogens is 1. The summed E-state index contributed by atoms with van der Waals surface area (Å²) in [4.78, 5) is 40.4. The van der Waals surface area contributed by atoms with E-state index in [1.165, 1.54) is 12.1 Å². The molecule has 178 valence electrons. The van der Waals surface area contributed by atoms with Gasteiger partial charge in [0.05, 0.1) is 31.8 Å². The van der Waals surface area contributed by atoms with Crippen molar-refractivity contribution in [3.8, 4) is 5.69 Å². The summed E-state index contributed by atoms with van der Waals surface area (Å²) in [7, 11) is 0. The van der Waals surface area contributed by atoms with Crippen LogP contribution in [0.4, 0.5) is 5.69 Å². The third-order valence-electron chi connectivity index (χ3n) is 5.21. The highest BCUT2D eigenvalue weighted by Crippen LogP contribution is 2.32. The van der Waals surface area contributed by atoms with Gasteiger partial charge in [-0.15, -0.1) is 0 Å². The lowest BCUT2D eigenvalue weighted by Crippen LogP contribution is -2.19. The van der Waals surface area contributed by atoms with Crippen LogP contribution in [-0.2, 0) is 4.79 Å². The lowest BCUT2D eigenvalue weighted by molar-refractivity contribution is -0.115. The second kappa shape index (κ2) is 9.61. The Kier molecular flexibility index (Phi) is 6.75. The van der Waals surface area contributed by atoms with Gasteiger partial charge in [-0.3, -0.25) is 4.79 Å². The number of carbonyl (C=O) groups is 3. The molecule has 1 fully saturated rings. The number of hydrogen-bond acceptors (Lipinski definition) is 5. The molecule has 3 aromatic rings. The van der Waals surface area contributed by atoms with Gasteiger partial charge in [-0.05, 0) is 79.7 Å². The number of amides is 1. The number of nitrogens with one attached hydrogen (secondary N) is 1. The maximum absolute atomic E-state index is 12.5. The number of benzene rings is 2. The van der Waals surface area contributed by atoms with E-state index >= 15 is 0 Å². The van der Waals surface area contributed by atoms with Crippen LogP contribution >= 0.6 is 35.0 Å². The molecule has 2 heterocycles. The number of aromatic carboxylic acids is 2. The van der Waals surface area contributed by atoms with Gasteiger partial charge >= 0.3 is 11.9 Å². The largest absolute Gasteiger partial charge is 0.478 e. The van der Waals surface area contributed by atoms with E-state index in [2.05, 4.69) is 10.3 Å². The molecule has 0 spiro atoms. The minimum absolute atomic E-state index is 0.138. The molecule has 0 saturated carbocycles. The highest BCUT2D eigenvalue weighted by atomic mass is 35.5.